The Morgan fingerprint density at radius 3 is 2.08 bits per heavy atom. The first-order chi connectivity index (χ1) is 19.0. The highest BCUT2D eigenvalue weighted by molar-refractivity contribution is 6.51. The van der Waals surface area contributed by atoms with Crippen molar-refractivity contribution in [2.75, 3.05) is 30.0 Å². The maximum atomic E-state index is 13.6. The molecule has 1 aliphatic heterocycles. The maximum absolute atomic E-state index is 13.6. The third-order valence-corrected chi connectivity index (χ3v) is 7.69. The molecule has 1 saturated heterocycles. The Kier molecular flexibility index (Phi) is 8.38. The standard InChI is InChI=1S/C34H40N2O4/c1-8-22-11-16-26(17-12-22)36-30(23-13-18-25(19-14-23)35(9-2)10-3)29(32(38)33(36)39)31(37)24-15-20-28(40-7)27(21-24)34(4,5)6/h11-21,30,37H,8-10H2,1-7H3/b31-29-. The normalized spacial score (nSPS) is 16.9. The number of aliphatic hydroxyl groups excluding tert-OH is 1. The van der Waals surface area contributed by atoms with Crippen molar-refractivity contribution >= 4 is 28.8 Å². The third kappa shape index (κ3) is 5.35. The Morgan fingerprint density at radius 1 is 0.925 bits per heavy atom. The van der Waals surface area contributed by atoms with Gasteiger partial charge >= 0.3 is 0 Å². The Bertz CT molecular complexity index is 1410. The number of methoxy groups -OCH3 is 1. The van der Waals surface area contributed by atoms with Crippen molar-refractivity contribution in [1.29, 1.82) is 0 Å². The van der Waals surface area contributed by atoms with Gasteiger partial charge in [-0.05, 0) is 79.3 Å². The zero-order chi connectivity index (χ0) is 29.2. The number of ether oxygens (including phenoxy) is 1. The summed E-state index contributed by atoms with van der Waals surface area (Å²) >= 11 is 0. The number of aryl methyl sites for hydroxylation is 1. The van der Waals surface area contributed by atoms with Crippen LogP contribution in [0.4, 0.5) is 11.4 Å². The molecular formula is C34H40N2O4. The van der Waals surface area contributed by atoms with Crippen LogP contribution in [0.15, 0.2) is 72.3 Å². The van der Waals surface area contributed by atoms with Gasteiger partial charge < -0.3 is 14.7 Å². The summed E-state index contributed by atoms with van der Waals surface area (Å²) < 4.78 is 5.57. The molecule has 0 aromatic heterocycles. The maximum Gasteiger partial charge on any atom is 0.300 e. The number of aliphatic hydroxyl groups is 1. The molecule has 1 unspecified atom stereocenters. The van der Waals surface area contributed by atoms with E-state index in [0.717, 1.165) is 41.9 Å². The van der Waals surface area contributed by atoms with Gasteiger partial charge in [-0.3, -0.25) is 14.5 Å². The number of hydrogen-bond donors (Lipinski definition) is 1. The summed E-state index contributed by atoms with van der Waals surface area (Å²) in [5.41, 5.74) is 4.72. The van der Waals surface area contributed by atoms with E-state index in [1.807, 2.05) is 54.6 Å². The molecule has 6 nitrogen and oxygen atoms in total. The van der Waals surface area contributed by atoms with E-state index in [-0.39, 0.29) is 16.7 Å². The summed E-state index contributed by atoms with van der Waals surface area (Å²) in [5.74, 6) is -0.864. The molecule has 1 heterocycles. The van der Waals surface area contributed by atoms with Crippen molar-refractivity contribution in [2.45, 2.75) is 59.4 Å². The summed E-state index contributed by atoms with van der Waals surface area (Å²) in [4.78, 5) is 31.0. The molecule has 0 bridgehead atoms. The van der Waals surface area contributed by atoms with Gasteiger partial charge in [-0.1, -0.05) is 52.0 Å². The Balaban J connectivity index is 1.92. The summed E-state index contributed by atoms with van der Waals surface area (Å²) in [6, 6.07) is 20.2. The lowest BCUT2D eigenvalue weighted by atomic mass is 9.84. The van der Waals surface area contributed by atoms with Gasteiger partial charge in [0.05, 0.1) is 18.7 Å². The topological polar surface area (TPSA) is 70.1 Å². The van der Waals surface area contributed by atoms with E-state index in [1.165, 1.54) is 4.90 Å². The number of benzene rings is 3. The van der Waals surface area contributed by atoms with Crippen LogP contribution in [0.2, 0.25) is 0 Å². The molecule has 0 aliphatic carbocycles. The number of anilines is 2. The van der Waals surface area contributed by atoms with E-state index < -0.39 is 17.7 Å². The van der Waals surface area contributed by atoms with E-state index >= 15 is 0 Å². The van der Waals surface area contributed by atoms with Gasteiger partial charge in [-0.2, -0.15) is 0 Å². The van der Waals surface area contributed by atoms with Gasteiger partial charge in [-0.25, -0.2) is 0 Å². The lowest BCUT2D eigenvalue weighted by Crippen LogP contribution is -2.29. The second-order valence-corrected chi connectivity index (χ2v) is 11.1. The van der Waals surface area contributed by atoms with Crippen LogP contribution in [0.1, 0.15) is 69.8 Å². The molecule has 1 fully saturated rings. The lowest BCUT2D eigenvalue weighted by molar-refractivity contribution is -0.132. The Labute approximate surface area is 237 Å². The zero-order valence-electron chi connectivity index (χ0n) is 24.6. The molecule has 1 atom stereocenters. The van der Waals surface area contributed by atoms with E-state index in [9.17, 15) is 14.7 Å². The molecule has 6 heteroatoms. The number of hydrogen-bond acceptors (Lipinski definition) is 5. The lowest BCUT2D eigenvalue weighted by Gasteiger charge is -2.27. The monoisotopic (exact) mass is 540 g/mol. The van der Waals surface area contributed by atoms with Crippen molar-refractivity contribution in [3.8, 4) is 5.75 Å². The van der Waals surface area contributed by atoms with E-state index in [1.54, 1.807) is 19.2 Å². The van der Waals surface area contributed by atoms with E-state index in [4.69, 9.17) is 4.74 Å². The van der Waals surface area contributed by atoms with Gasteiger partial charge in [0.1, 0.15) is 11.5 Å². The highest BCUT2D eigenvalue weighted by Gasteiger charge is 2.47. The first-order valence-corrected chi connectivity index (χ1v) is 14.0. The number of amides is 1. The van der Waals surface area contributed by atoms with Crippen LogP contribution >= 0.6 is 0 Å². The molecule has 210 valence electrons. The van der Waals surface area contributed by atoms with Crippen molar-refractivity contribution in [2.24, 2.45) is 0 Å². The second kappa shape index (κ2) is 11.6. The van der Waals surface area contributed by atoms with Crippen molar-refractivity contribution in [3.05, 3.63) is 94.6 Å². The molecule has 40 heavy (non-hydrogen) atoms. The number of ketones is 1. The Hall–Kier alpha value is -4.06. The molecule has 3 aromatic rings. The molecule has 3 aromatic carbocycles. The molecule has 1 aliphatic rings. The van der Waals surface area contributed by atoms with Gasteiger partial charge in [0.15, 0.2) is 0 Å². The van der Waals surface area contributed by atoms with Crippen molar-refractivity contribution in [1.82, 2.24) is 0 Å². The first kappa shape index (κ1) is 28.9. The fourth-order valence-corrected chi connectivity index (χ4v) is 5.36. The molecule has 1 amide bonds. The molecule has 0 radical (unpaired) electrons. The number of nitrogens with zero attached hydrogens (tertiary/aromatic N) is 2. The third-order valence-electron chi connectivity index (χ3n) is 7.69. The highest BCUT2D eigenvalue weighted by Crippen LogP contribution is 2.43. The predicted octanol–water partition coefficient (Wildman–Crippen LogP) is 7.03. The van der Waals surface area contributed by atoms with Gasteiger partial charge in [0.25, 0.3) is 11.7 Å². The van der Waals surface area contributed by atoms with Crippen LogP contribution < -0.4 is 14.5 Å². The predicted molar refractivity (Wildman–Crippen MR) is 162 cm³/mol. The van der Waals surface area contributed by atoms with E-state index in [0.29, 0.717) is 17.0 Å². The van der Waals surface area contributed by atoms with Crippen molar-refractivity contribution < 1.29 is 19.4 Å². The smallest absolute Gasteiger partial charge is 0.300 e. The van der Waals surface area contributed by atoms with Gasteiger partial charge in [0, 0.05) is 35.6 Å². The molecular weight excluding hydrogens is 500 g/mol. The largest absolute Gasteiger partial charge is 0.507 e. The highest BCUT2D eigenvalue weighted by atomic mass is 16.5. The number of carbonyl (C=O) groups excluding carboxylic acids is 2. The van der Waals surface area contributed by atoms with Gasteiger partial charge in [0.2, 0.25) is 0 Å². The quantitative estimate of drug-likeness (QED) is 0.189. The number of rotatable bonds is 8. The second-order valence-electron chi connectivity index (χ2n) is 11.1. The van der Waals surface area contributed by atoms with Crippen LogP contribution in [-0.4, -0.2) is 37.0 Å². The summed E-state index contributed by atoms with van der Waals surface area (Å²) in [6.07, 6.45) is 0.864. The minimum absolute atomic E-state index is 0.0742. The SMILES string of the molecule is CCc1ccc(N2C(=O)C(=O)/C(=C(\O)c3ccc(OC)c(C(C)(C)C)c3)C2c2ccc(N(CC)CC)cc2)cc1. The van der Waals surface area contributed by atoms with Crippen LogP contribution in [0.5, 0.6) is 5.75 Å². The zero-order valence-corrected chi connectivity index (χ0v) is 24.6. The molecule has 0 spiro atoms. The fraction of sp³-hybridized carbons (Fsp3) is 0.353. The van der Waals surface area contributed by atoms with Crippen LogP contribution in [0.3, 0.4) is 0 Å². The van der Waals surface area contributed by atoms with Crippen LogP contribution in [-0.2, 0) is 21.4 Å². The van der Waals surface area contributed by atoms with Crippen LogP contribution in [0, 0.1) is 0 Å². The molecule has 0 saturated carbocycles. The number of carbonyl (C=O) groups is 2. The Morgan fingerprint density at radius 2 is 1.55 bits per heavy atom. The minimum Gasteiger partial charge on any atom is -0.507 e. The molecule has 1 N–H and O–H groups in total. The first-order valence-electron chi connectivity index (χ1n) is 14.0. The van der Waals surface area contributed by atoms with E-state index in [2.05, 4.69) is 46.4 Å². The van der Waals surface area contributed by atoms with Gasteiger partial charge in [-0.15, -0.1) is 0 Å². The summed E-state index contributed by atoms with van der Waals surface area (Å²) in [5, 5.41) is 11.7. The molecule has 4 rings (SSSR count). The van der Waals surface area contributed by atoms with Crippen molar-refractivity contribution in [3.63, 3.8) is 0 Å². The number of Topliss-reactive ketones (excluding diaryl/α,β-unsaturated/α-hetero) is 1. The average Bonchev–Trinajstić information content (AvgIpc) is 3.22. The summed E-state index contributed by atoms with van der Waals surface area (Å²) in [6.45, 7) is 14.2. The summed E-state index contributed by atoms with van der Waals surface area (Å²) in [7, 11) is 1.61. The minimum atomic E-state index is -0.779. The average molecular weight is 541 g/mol. The fourth-order valence-electron chi connectivity index (χ4n) is 5.36. The van der Waals surface area contributed by atoms with Crippen LogP contribution in [0.25, 0.3) is 5.76 Å².